The molecular formula is C73H86N2O2S2. The summed E-state index contributed by atoms with van der Waals surface area (Å²) in [6.07, 6.45) is 28.6. The van der Waals surface area contributed by atoms with Crippen molar-refractivity contribution in [1.29, 1.82) is 0 Å². The average molecular weight is 1090 g/mol. The number of carbonyl (C=O) groups excluding carboxylic acids is 2. The fraction of sp³-hybridized carbons (Fsp3) is 0.397. The molecule has 2 aliphatic carbocycles. The fourth-order valence-electron chi connectivity index (χ4n) is 11.9. The van der Waals surface area contributed by atoms with E-state index < -0.39 is 0 Å². The van der Waals surface area contributed by atoms with Crippen LogP contribution in [0.25, 0.3) is 11.1 Å². The highest BCUT2D eigenvalue weighted by Crippen LogP contribution is 2.47. The Bertz CT molecular complexity index is 3040. The molecule has 2 N–H and O–H groups in total. The van der Waals surface area contributed by atoms with Gasteiger partial charge in [-0.3, -0.25) is 9.59 Å². The van der Waals surface area contributed by atoms with E-state index in [2.05, 4.69) is 160 Å². The van der Waals surface area contributed by atoms with Gasteiger partial charge in [-0.2, -0.15) is 0 Å². The smallest absolute Gasteiger partial charge is 0.197 e. The van der Waals surface area contributed by atoms with Gasteiger partial charge in [-0.15, -0.1) is 0 Å². The Balaban J connectivity index is 1.03. The maximum Gasteiger partial charge on any atom is 0.197 e. The van der Waals surface area contributed by atoms with Gasteiger partial charge in [0.15, 0.2) is 11.6 Å². The van der Waals surface area contributed by atoms with Gasteiger partial charge >= 0.3 is 0 Å². The molecule has 412 valence electrons. The third kappa shape index (κ3) is 15.6. The molecule has 0 radical (unpaired) electrons. The monoisotopic (exact) mass is 1090 g/mol. The maximum atomic E-state index is 15.9. The number of aryl methyl sites for hydroxylation is 3. The topological polar surface area (TPSA) is 58.2 Å². The predicted molar refractivity (Wildman–Crippen MR) is 338 cm³/mol. The molecule has 0 bridgehead atoms. The van der Waals surface area contributed by atoms with Crippen molar-refractivity contribution in [2.45, 2.75) is 201 Å². The second-order valence-corrected chi connectivity index (χ2v) is 24.9. The first-order valence-electron chi connectivity index (χ1n) is 30.6. The van der Waals surface area contributed by atoms with Gasteiger partial charge in [0.2, 0.25) is 0 Å². The predicted octanol–water partition coefficient (Wildman–Crippen LogP) is 22.1. The van der Waals surface area contributed by atoms with E-state index in [0.717, 1.165) is 61.7 Å². The second-order valence-electron chi connectivity index (χ2n) is 22.7. The number of fused-ring (bicyclic) bond motifs is 2. The largest absolute Gasteiger partial charge is 0.355 e. The molecule has 4 nitrogen and oxygen atoms in total. The molecule has 0 unspecified atom stereocenters. The molecule has 2 aliphatic rings. The highest BCUT2D eigenvalue weighted by Gasteiger charge is 2.38. The molecule has 6 heteroatoms. The molecule has 0 spiro atoms. The molecule has 7 aromatic rings. The summed E-state index contributed by atoms with van der Waals surface area (Å²) in [6, 6.07) is 52.0. The standard InChI is InChI=1S/C73H86N2O2S2/c1-5-9-13-17-21-53-26-40-60(41-27-53)74-64-48-50-66(78-62-44-30-55(31-45-62)23-19-15-11-7-3)70-68(64)73(77)71-67(51-49-65(69(71)72(70)76)75-61-42-28-54(29-43-61)22-18-14-10-6-2)79-63-46-38-59(39-47-63)58-36-34-57(35-37-58)56-32-24-52(25-33-56)20-16-12-8-4/h26-31,34-52,56,74-75H,5-25,32-33H2,1-4H3. The molecule has 1 saturated carbocycles. The Morgan fingerprint density at radius 1 is 0.380 bits per heavy atom. The van der Waals surface area contributed by atoms with E-state index in [1.165, 1.54) is 156 Å². The Morgan fingerprint density at radius 2 is 0.759 bits per heavy atom. The van der Waals surface area contributed by atoms with Gasteiger partial charge in [0, 0.05) is 42.1 Å². The number of nitrogens with one attached hydrogen (secondary N) is 2. The number of rotatable bonds is 29. The van der Waals surface area contributed by atoms with Crippen LogP contribution >= 0.6 is 23.5 Å². The molecule has 1 fully saturated rings. The van der Waals surface area contributed by atoms with Crippen LogP contribution in [0.1, 0.15) is 216 Å². The van der Waals surface area contributed by atoms with Gasteiger partial charge in [-0.25, -0.2) is 0 Å². The molecule has 79 heavy (non-hydrogen) atoms. The van der Waals surface area contributed by atoms with Gasteiger partial charge in [-0.1, -0.05) is 207 Å². The first-order valence-corrected chi connectivity index (χ1v) is 32.3. The number of benzene rings is 7. The van der Waals surface area contributed by atoms with Crippen molar-refractivity contribution < 1.29 is 9.59 Å². The summed E-state index contributed by atoms with van der Waals surface area (Å²) >= 11 is 3.11. The van der Waals surface area contributed by atoms with Crippen molar-refractivity contribution in [1.82, 2.24) is 0 Å². The summed E-state index contributed by atoms with van der Waals surface area (Å²) < 4.78 is 0. The lowest BCUT2D eigenvalue weighted by atomic mass is 9.77. The van der Waals surface area contributed by atoms with Gasteiger partial charge in [0.1, 0.15) is 0 Å². The number of carbonyl (C=O) groups is 2. The van der Waals surface area contributed by atoms with Gasteiger partial charge in [0.25, 0.3) is 0 Å². The van der Waals surface area contributed by atoms with E-state index in [1.54, 1.807) is 23.5 Å². The van der Waals surface area contributed by atoms with Crippen molar-refractivity contribution >= 4 is 57.8 Å². The zero-order valence-electron chi connectivity index (χ0n) is 47.9. The van der Waals surface area contributed by atoms with Crippen LogP contribution in [0.2, 0.25) is 0 Å². The zero-order chi connectivity index (χ0) is 54.8. The van der Waals surface area contributed by atoms with Crippen LogP contribution in [-0.2, 0) is 19.3 Å². The van der Waals surface area contributed by atoms with E-state index in [9.17, 15) is 0 Å². The first kappa shape index (κ1) is 57.9. The highest BCUT2D eigenvalue weighted by atomic mass is 32.2. The number of unbranched alkanes of at least 4 members (excludes halogenated alkanes) is 11. The van der Waals surface area contributed by atoms with Crippen molar-refractivity contribution in [2.75, 3.05) is 10.6 Å². The minimum atomic E-state index is -0.153. The van der Waals surface area contributed by atoms with Crippen LogP contribution < -0.4 is 10.6 Å². The van der Waals surface area contributed by atoms with Crippen molar-refractivity contribution in [3.8, 4) is 11.1 Å². The average Bonchev–Trinajstić information content (AvgIpc) is 3.59. The van der Waals surface area contributed by atoms with E-state index >= 15 is 9.59 Å². The summed E-state index contributed by atoms with van der Waals surface area (Å²) in [7, 11) is 0. The molecule has 0 atom stereocenters. The maximum absolute atomic E-state index is 15.9. The number of hydrogen-bond donors (Lipinski definition) is 2. The number of anilines is 4. The van der Waals surface area contributed by atoms with Crippen LogP contribution in [0.5, 0.6) is 0 Å². The molecule has 0 aliphatic heterocycles. The van der Waals surface area contributed by atoms with Crippen LogP contribution in [0, 0.1) is 5.92 Å². The van der Waals surface area contributed by atoms with Crippen LogP contribution in [0.3, 0.4) is 0 Å². The molecular weight excluding hydrogens is 1000 g/mol. The molecule has 0 amide bonds. The Hall–Kier alpha value is -5.82. The first-order chi connectivity index (χ1) is 38.8. The summed E-state index contributed by atoms with van der Waals surface area (Å²) in [5.41, 5.74) is 12.5. The Kier molecular flexibility index (Phi) is 21.7. The summed E-state index contributed by atoms with van der Waals surface area (Å²) in [5, 5.41) is 7.29. The quantitative estimate of drug-likeness (QED) is 0.0456. The van der Waals surface area contributed by atoms with Crippen LogP contribution in [-0.4, -0.2) is 11.6 Å². The van der Waals surface area contributed by atoms with Crippen LogP contribution in [0.4, 0.5) is 22.7 Å². The molecule has 9 rings (SSSR count). The van der Waals surface area contributed by atoms with Crippen molar-refractivity contribution in [3.05, 3.63) is 190 Å². The Labute approximate surface area is 483 Å². The SMILES string of the molecule is CCCCCCc1ccc(Nc2ccc(Sc3ccc(CCCCCC)cc3)c3c2C(=O)c2c(Sc4ccc(-c5ccc(C6CCC(CCCCC)CC6)cc5)cc4)ccc(Nc4ccc(CCCCCC)cc4)c2C3=O)cc1. The molecule has 7 aromatic carbocycles. The molecule has 0 saturated heterocycles. The lowest BCUT2D eigenvalue weighted by Gasteiger charge is -2.29. The third-order valence-electron chi connectivity index (χ3n) is 16.7. The minimum absolute atomic E-state index is 0.151. The fourth-order valence-corrected chi connectivity index (χ4v) is 13.8. The van der Waals surface area contributed by atoms with Crippen molar-refractivity contribution in [2.24, 2.45) is 5.92 Å². The number of hydrogen-bond acceptors (Lipinski definition) is 6. The Morgan fingerprint density at radius 3 is 1.18 bits per heavy atom. The van der Waals surface area contributed by atoms with Crippen molar-refractivity contribution in [3.63, 3.8) is 0 Å². The number of ketones is 2. The van der Waals surface area contributed by atoms with E-state index in [1.807, 2.05) is 24.3 Å². The summed E-state index contributed by atoms with van der Waals surface area (Å²) in [4.78, 5) is 35.3. The molecule has 0 aromatic heterocycles. The third-order valence-corrected chi connectivity index (χ3v) is 18.8. The van der Waals surface area contributed by atoms with E-state index in [4.69, 9.17) is 0 Å². The second kappa shape index (κ2) is 29.6. The minimum Gasteiger partial charge on any atom is -0.355 e. The van der Waals surface area contributed by atoms with Crippen LogP contribution in [0.15, 0.2) is 165 Å². The van der Waals surface area contributed by atoms with Gasteiger partial charge in [0.05, 0.1) is 22.5 Å². The normalized spacial score (nSPS) is 15.0. The summed E-state index contributed by atoms with van der Waals surface area (Å²) in [5.74, 6) is 1.26. The molecule has 0 heterocycles. The lowest BCUT2D eigenvalue weighted by Crippen LogP contribution is -2.25. The zero-order valence-corrected chi connectivity index (χ0v) is 49.5. The summed E-state index contributed by atoms with van der Waals surface area (Å²) in [6.45, 7) is 9.04. The van der Waals surface area contributed by atoms with E-state index in [0.29, 0.717) is 39.5 Å². The van der Waals surface area contributed by atoms with Gasteiger partial charge in [-0.05, 0) is 182 Å². The van der Waals surface area contributed by atoms with E-state index in [-0.39, 0.29) is 11.6 Å². The highest BCUT2D eigenvalue weighted by molar-refractivity contribution is 7.99. The van der Waals surface area contributed by atoms with Gasteiger partial charge < -0.3 is 10.6 Å². The lowest BCUT2D eigenvalue weighted by molar-refractivity contribution is 0.0976.